The number of hydrogen-bond acceptors (Lipinski definition) is 6. The zero-order valence-corrected chi connectivity index (χ0v) is 20.3. The lowest BCUT2D eigenvalue weighted by molar-refractivity contribution is -0.136. The molecule has 2 fully saturated rings. The third kappa shape index (κ3) is 6.27. The van der Waals surface area contributed by atoms with Crippen molar-refractivity contribution in [1.29, 1.82) is 0 Å². The fourth-order valence-corrected chi connectivity index (χ4v) is 4.86. The normalized spacial score (nSPS) is 21.9. The molecular formula is C27H33FN4O4. The van der Waals surface area contributed by atoms with Gasteiger partial charge in [-0.1, -0.05) is 30.3 Å². The molecule has 2 unspecified atom stereocenters. The molecule has 3 aliphatic rings. The largest absolute Gasteiger partial charge is 0.489 e. The first-order chi connectivity index (χ1) is 17.5. The van der Waals surface area contributed by atoms with Gasteiger partial charge in [-0.2, -0.15) is 0 Å². The Morgan fingerprint density at radius 1 is 1.08 bits per heavy atom. The number of likely N-dealkylation sites (tertiary alicyclic amines) is 1. The van der Waals surface area contributed by atoms with Gasteiger partial charge in [0, 0.05) is 38.2 Å². The summed E-state index contributed by atoms with van der Waals surface area (Å²) in [6.07, 6.45) is 2.47. The van der Waals surface area contributed by atoms with Crippen LogP contribution in [0.2, 0.25) is 0 Å². The molecule has 0 radical (unpaired) electrons. The number of benzene rings is 2. The van der Waals surface area contributed by atoms with E-state index in [-0.39, 0.29) is 31.0 Å². The van der Waals surface area contributed by atoms with E-state index >= 15 is 0 Å². The Balaban J connectivity index is 0.000000325. The zero-order valence-electron chi connectivity index (χ0n) is 20.3. The average molecular weight is 497 g/mol. The van der Waals surface area contributed by atoms with Crippen LogP contribution in [0, 0.1) is 0 Å². The third-order valence-corrected chi connectivity index (χ3v) is 6.74. The molecule has 2 aromatic rings. The van der Waals surface area contributed by atoms with Crippen LogP contribution in [0.15, 0.2) is 48.5 Å². The number of hydrogen-bond donors (Lipinski definition) is 2. The number of nitrogens with two attached hydrogens (primary N) is 1. The molecule has 3 amide bonds. The van der Waals surface area contributed by atoms with Gasteiger partial charge in [-0.05, 0) is 55.1 Å². The van der Waals surface area contributed by atoms with Gasteiger partial charge in [0.2, 0.25) is 11.8 Å². The minimum Gasteiger partial charge on any atom is -0.489 e. The predicted octanol–water partition coefficient (Wildman–Crippen LogP) is 2.41. The van der Waals surface area contributed by atoms with Crippen LogP contribution in [-0.2, 0) is 22.7 Å². The molecule has 36 heavy (non-hydrogen) atoms. The number of piperidine rings is 2. The second kappa shape index (κ2) is 12.1. The van der Waals surface area contributed by atoms with Crippen LogP contribution in [0.25, 0.3) is 0 Å². The molecule has 3 N–H and O–H groups in total. The summed E-state index contributed by atoms with van der Waals surface area (Å²) in [5.41, 5.74) is 7.93. The summed E-state index contributed by atoms with van der Waals surface area (Å²) in [6, 6.07) is 14.7. The molecule has 192 valence electrons. The molecule has 2 atom stereocenters. The summed E-state index contributed by atoms with van der Waals surface area (Å²) in [5.74, 6) is -0.217. The average Bonchev–Trinajstić information content (AvgIpc) is 3.20. The van der Waals surface area contributed by atoms with E-state index in [0.717, 1.165) is 24.9 Å². The molecule has 5 rings (SSSR count). The van der Waals surface area contributed by atoms with Crippen LogP contribution in [0.1, 0.15) is 47.2 Å². The molecule has 0 spiro atoms. The highest BCUT2D eigenvalue weighted by atomic mass is 19.1. The lowest BCUT2D eigenvalue weighted by Crippen LogP contribution is -2.52. The number of fused-ring (bicyclic) bond motifs is 1. The van der Waals surface area contributed by atoms with Crippen LogP contribution in [0.4, 0.5) is 4.39 Å². The van der Waals surface area contributed by atoms with Crippen molar-refractivity contribution in [1.82, 2.24) is 15.1 Å². The van der Waals surface area contributed by atoms with E-state index in [1.165, 1.54) is 10.5 Å². The predicted molar refractivity (Wildman–Crippen MR) is 133 cm³/mol. The molecule has 0 aliphatic carbocycles. The monoisotopic (exact) mass is 496 g/mol. The second-order valence-electron chi connectivity index (χ2n) is 9.28. The van der Waals surface area contributed by atoms with E-state index < -0.39 is 11.9 Å². The molecule has 2 saturated heterocycles. The molecule has 0 bridgehead atoms. The Labute approximate surface area is 210 Å². The highest BCUT2D eigenvalue weighted by Gasteiger charge is 2.39. The number of nitrogens with one attached hydrogen (secondary N) is 1. The Hall–Kier alpha value is -3.30. The maximum atomic E-state index is 12.7. The molecule has 0 saturated carbocycles. The third-order valence-electron chi connectivity index (χ3n) is 6.74. The lowest BCUT2D eigenvalue weighted by atomic mass is 10.0. The van der Waals surface area contributed by atoms with E-state index in [1.807, 2.05) is 36.4 Å². The molecule has 9 heteroatoms. The number of rotatable bonds is 6. The van der Waals surface area contributed by atoms with E-state index in [4.69, 9.17) is 10.5 Å². The molecule has 3 heterocycles. The Morgan fingerprint density at radius 2 is 1.89 bits per heavy atom. The Bertz CT molecular complexity index is 1080. The van der Waals surface area contributed by atoms with Gasteiger partial charge in [-0.3, -0.25) is 24.6 Å². The van der Waals surface area contributed by atoms with Crippen LogP contribution >= 0.6 is 0 Å². The first-order valence-corrected chi connectivity index (χ1v) is 12.4. The van der Waals surface area contributed by atoms with Gasteiger partial charge in [0.1, 0.15) is 24.6 Å². The van der Waals surface area contributed by atoms with Gasteiger partial charge in [0.25, 0.3) is 5.91 Å². The van der Waals surface area contributed by atoms with E-state index in [2.05, 4.69) is 10.2 Å². The molecule has 2 aromatic carbocycles. The fourth-order valence-electron chi connectivity index (χ4n) is 4.86. The molecular weight excluding hydrogens is 463 g/mol. The van der Waals surface area contributed by atoms with E-state index in [0.29, 0.717) is 43.9 Å². The highest BCUT2D eigenvalue weighted by Crippen LogP contribution is 2.31. The van der Waals surface area contributed by atoms with Gasteiger partial charge in [0.05, 0.1) is 0 Å². The number of halogens is 1. The number of carbonyl (C=O) groups excluding carboxylic acids is 3. The maximum Gasteiger partial charge on any atom is 0.255 e. The van der Waals surface area contributed by atoms with Gasteiger partial charge >= 0.3 is 0 Å². The number of ether oxygens (including phenoxy) is 1. The summed E-state index contributed by atoms with van der Waals surface area (Å²) in [5, 5.41) is 2.31. The minimum absolute atomic E-state index is 0.00157. The Kier molecular flexibility index (Phi) is 8.66. The Morgan fingerprint density at radius 3 is 2.58 bits per heavy atom. The van der Waals surface area contributed by atoms with Crippen molar-refractivity contribution in [2.24, 2.45) is 5.73 Å². The van der Waals surface area contributed by atoms with Crippen molar-refractivity contribution < 1.29 is 23.5 Å². The van der Waals surface area contributed by atoms with Gasteiger partial charge in [0.15, 0.2) is 0 Å². The summed E-state index contributed by atoms with van der Waals surface area (Å²) in [4.78, 5) is 39.8. The summed E-state index contributed by atoms with van der Waals surface area (Å²) >= 11 is 0. The van der Waals surface area contributed by atoms with Crippen molar-refractivity contribution in [3.05, 3.63) is 65.2 Å². The van der Waals surface area contributed by atoms with Crippen molar-refractivity contribution in [2.45, 2.75) is 50.9 Å². The first-order valence-electron chi connectivity index (χ1n) is 12.4. The van der Waals surface area contributed by atoms with Gasteiger partial charge in [-0.15, -0.1) is 0 Å². The quantitative estimate of drug-likeness (QED) is 0.595. The van der Waals surface area contributed by atoms with Crippen molar-refractivity contribution in [3.8, 4) is 5.75 Å². The zero-order chi connectivity index (χ0) is 25.5. The van der Waals surface area contributed by atoms with E-state index in [9.17, 15) is 18.8 Å². The number of carbonyl (C=O) groups is 3. The van der Waals surface area contributed by atoms with Gasteiger partial charge in [-0.25, -0.2) is 4.39 Å². The van der Waals surface area contributed by atoms with Gasteiger partial charge < -0.3 is 15.4 Å². The van der Waals surface area contributed by atoms with Crippen LogP contribution in [0.3, 0.4) is 0 Å². The number of imide groups is 1. The number of amides is 3. The molecule has 0 aromatic heterocycles. The van der Waals surface area contributed by atoms with Crippen molar-refractivity contribution in [2.75, 3.05) is 26.3 Å². The fraction of sp³-hybridized carbons (Fsp3) is 0.444. The summed E-state index contributed by atoms with van der Waals surface area (Å²) < 4.78 is 18.7. The first kappa shape index (κ1) is 25.8. The van der Waals surface area contributed by atoms with Crippen LogP contribution < -0.4 is 15.8 Å². The molecule has 3 aliphatic heterocycles. The number of nitrogens with zero attached hydrogens (tertiary/aromatic N) is 2. The molecule has 8 nitrogen and oxygen atoms in total. The standard InChI is InChI=1S/C20H24FN3O4.C7H9N/c21-7-9-23-8-1-2-15(12-23)28-14-3-4-16-13(10-14)11-24(20(16)27)17-5-6-18(25)22-19(17)26;8-6-7-4-2-1-3-5-7/h3-4,10,15,17H,1-2,5-9,11-12H2,(H,22,25,26);1-5H,6,8H2. The summed E-state index contributed by atoms with van der Waals surface area (Å²) in [6.45, 7) is 2.63. The maximum absolute atomic E-state index is 12.7. The topological polar surface area (TPSA) is 105 Å². The smallest absolute Gasteiger partial charge is 0.255 e. The summed E-state index contributed by atoms with van der Waals surface area (Å²) in [7, 11) is 0. The highest BCUT2D eigenvalue weighted by molar-refractivity contribution is 6.05. The minimum atomic E-state index is -0.616. The van der Waals surface area contributed by atoms with E-state index in [1.54, 1.807) is 12.1 Å². The van der Waals surface area contributed by atoms with Crippen LogP contribution in [-0.4, -0.2) is 66.0 Å². The second-order valence-corrected chi connectivity index (χ2v) is 9.28. The number of alkyl halides is 1. The van der Waals surface area contributed by atoms with Crippen molar-refractivity contribution >= 4 is 17.7 Å². The SMILES string of the molecule is NCc1ccccc1.O=C1CCC(N2Cc3cc(OC4CCCN(CCF)C4)ccc3C2=O)C(=O)N1. The van der Waals surface area contributed by atoms with Crippen LogP contribution in [0.5, 0.6) is 5.75 Å². The lowest BCUT2D eigenvalue weighted by Gasteiger charge is -2.32. The van der Waals surface area contributed by atoms with Crippen molar-refractivity contribution in [3.63, 3.8) is 0 Å².